The van der Waals surface area contributed by atoms with Crippen molar-refractivity contribution in [2.24, 2.45) is 4.99 Å². The highest BCUT2D eigenvalue weighted by Gasteiger charge is 2.21. The molecule has 2 aromatic carbocycles. The van der Waals surface area contributed by atoms with Gasteiger partial charge < -0.3 is 19.6 Å². The minimum Gasteiger partial charge on any atom is -0.496 e. The summed E-state index contributed by atoms with van der Waals surface area (Å²) in [4.78, 5) is 8.00. The molecule has 0 unspecified atom stereocenters. The molecule has 0 aliphatic carbocycles. The van der Waals surface area contributed by atoms with E-state index in [0.29, 0.717) is 20.3 Å². The third-order valence-corrected chi connectivity index (χ3v) is 5.49. The van der Waals surface area contributed by atoms with Crippen molar-refractivity contribution in [2.75, 3.05) is 14.2 Å². The first-order valence-electron chi connectivity index (χ1n) is 8.15. The van der Waals surface area contributed by atoms with E-state index >= 15 is 0 Å². The zero-order valence-electron chi connectivity index (χ0n) is 14.6. The molecule has 0 bridgehead atoms. The zero-order valence-corrected chi connectivity index (χ0v) is 16.3. The van der Waals surface area contributed by atoms with E-state index in [4.69, 9.17) is 21.7 Å². The number of fused-ring (bicyclic) bond motifs is 1. The number of benzene rings is 2. The van der Waals surface area contributed by atoms with E-state index in [9.17, 15) is 5.11 Å². The van der Waals surface area contributed by atoms with Gasteiger partial charge >= 0.3 is 0 Å². The number of hydrogen-bond acceptors (Lipinski definition) is 6. The van der Waals surface area contributed by atoms with Gasteiger partial charge in [0.05, 0.1) is 30.0 Å². The van der Waals surface area contributed by atoms with E-state index < -0.39 is 0 Å². The maximum Gasteiger partial charge on any atom is 0.207 e. The molecule has 1 aliphatic heterocycles. The predicted octanol–water partition coefficient (Wildman–Crippen LogP) is 3.38. The van der Waals surface area contributed by atoms with E-state index in [0.717, 1.165) is 27.3 Å². The van der Waals surface area contributed by atoms with Gasteiger partial charge in [-0.15, -0.1) is 11.3 Å². The molecule has 0 spiro atoms. The molecule has 0 atom stereocenters. The molecular formula is C20H16N2O3S2. The quantitative estimate of drug-likeness (QED) is 0.664. The number of ether oxygens (including phenoxy) is 2. The number of H-pyrrole nitrogens is 1. The van der Waals surface area contributed by atoms with E-state index in [1.165, 1.54) is 11.3 Å². The van der Waals surface area contributed by atoms with Crippen molar-refractivity contribution in [1.82, 2.24) is 4.98 Å². The Balaban J connectivity index is 2.02. The highest BCUT2D eigenvalue weighted by molar-refractivity contribution is 7.73. The number of aromatic nitrogens is 1. The van der Waals surface area contributed by atoms with Crippen LogP contribution in [0.5, 0.6) is 17.4 Å². The van der Waals surface area contributed by atoms with Crippen molar-refractivity contribution in [3.05, 3.63) is 73.1 Å². The molecule has 27 heavy (non-hydrogen) atoms. The molecule has 2 heterocycles. The number of aromatic hydroxyl groups is 1. The van der Waals surface area contributed by atoms with Crippen molar-refractivity contribution in [1.29, 1.82) is 0 Å². The molecule has 0 fully saturated rings. The van der Waals surface area contributed by atoms with Crippen LogP contribution in [0.2, 0.25) is 0 Å². The lowest BCUT2D eigenvalue weighted by molar-refractivity contribution is 0.390. The van der Waals surface area contributed by atoms with Crippen LogP contribution in [0.1, 0.15) is 16.0 Å². The Bertz CT molecular complexity index is 1220. The van der Waals surface area contributed by atoms with Crippen LogP contribution in [0.4, 0.5) is 0 Å². The second-order valence-electron chi connectivity index (χ2n) is 5.83. The molecule has 4 rings (SSSR count). The van der Waals surface area contributed by atoms with E-state index in [-0.39, 0.29) is 5.88 Å². The molecule has 0 saturated carbocycles. The molecule has 7 heteroatoms. The van der Waals surface area contributed by atoms with E-state index in [2.05, 4.69) is 9.98 Å². The van der Waals surface area contributed by atoms with E-state index in [1.807, 2.05) is 48.7 Å². The highest BCUT2D eigenvalue weighted by Crippen LogP contribution is 2.32. The van der Waals surface area contributed by atoms with Crippen LogP contribution in [0.15, 0.2) is 47.6 Å². The van der Waals surface area contributed by atoms with Crippen LogP contribution in [0.25, 0.3) is 11.6 Å². The van der Waals surface area contributed by atoms with Gasteiger partial charge in [-0.2, -0.15) is 0 Å². The van der Waals surface area contributed by atoms with Crippen LogP contribution >= 0.6 is 23.6 Å². The van der Waals surface area contributed by atoms with Crippen molar-refractivity contribution in [2.45, 2.75) is 0 Å². The lowest BCUT2D eigenvalue weighted by Gasteiger charge is -2.12. The Morgan fingerprint density at radius 3 is 2.52 bits per heavy atom. The summed E-state index contributed by atoms with van der Waals surface area (Å²) in [6, 6.07) is 11.9. The largest absolute Gasteiger partial charge is 0.496 e. The maximum absolute atomic E-state index is 10.1. The molecule has 3 aromatic rings. The Kier molecular flexibility index (Phi) is 4.55. The lowest BCUT2D eigenvalue weighted by atomic mass is 9.97. The summed E-state index contributed by atoms with van der Waals surface area (Å²) in [6.45, 7) is 0. The summed E-state index contributed by atoms with van der Waals surface area (Å²) in [5, 5.41) is 11.6. The molecule has 0 saturated heterocycles. The maximum atomic E-state index is 10.1. The van der Waals surface area contributed by atoms with Crippen molar-refractivity contribution in [3.63, 3.8) is 0 Å². The van der Waals surface area contributed by atoms with Crippen LogP contribution in [-0.2, 0) is 0 Å². The molecule has 0 amide bonds. The normalized spacial score (nSPS) is 13.1. The minimum absolute atomic E-state index is 0.0332. The SMILES string of the molecule is COc1cc(OC)/c(=C\c2sc(=S)[nH]c2O)c2c1C(c1ccccc1)=CN=2. The third-order valence-electron chi connectivity index (χ3n) is 4.31. The molecule has 136 valence electrons. The van der Waals surface area contributed by atoms with Gasteiger partial charge in [0, 0.05) is 23.1 Å². The van der Waals surface area contributed by atoms with Crippen LogP contribution in [0, 0.1) is 3.95 Å². The van der Waals surface area contributed by atoms with Gasteiger partial charge in [-0.05, 0) is 23.9 Å². The van der Waals surface area contributed by atoms with Gasteiger partial charge in [-0.1, -0.05) is 30.3 Å². The average molecular weight is 396 g/mol. The summed E-state index contributed by atoms with van der Waals surface area (Å²) in [5.74, 6) is 1.32. The fourth-order valence-corrected chi connectivity index (χ4v) is 4.13. The topological polar surface area (TPSA) is 66.8 Å². The van der Waals surface area contributed by atoms with Gasteiger partial charge in [0.2, 0.25) is 5.88 Å². The summed E-state index contributed by atoms with van der Waals surface area (Å²) in [6.07, 6.45) is 3.66. The number of aromatic amines is 1. The number of nitrogens with zero attached hydrogens (tertiary/aromatic N) is 1. The van der Waals surface area contributed by atoms with Crippen molar-refractivity contribution in [3.8, 4) is 17.4 Å². The number of methoxy groups -OCH3 is 2. The van der Waals surface area contributed by atoms with E-state index in [1.54, 1.807) is 14.2 Å². The Hall–Kier alpha value is -2.90. The molecular weight excluding hydrogens is 380 g/mol. The number of nitrogens with one attached hydrogen (secondary N) is 1. The smallest absolute Gasteiger partial charge is 0.207 e. The van der Waals surface area contributed by atoms with Gasteiger partial charge in [-0.25, -0.2) is 0 Å². The first-order valence-corrected chi connectivity index (χ1v) is 9.37. The Morgan fingerprint density at radius 1 is 1.15 bits per heavy atom. The van der Waals surface area contributed by atoms with Crippen LogP contribution < -0.4 is 20.0 Å². The second-order valence-corrected chi connectivity index (χ2v) is 7.55. The highest BCUT2D eigenvalue weighted by atomic mass is 32.1. The Morgan fingerprint density at radius 2 is 1.89 bits per heavy atom. The number of hydrogen-bond donors (Lipinski definition) is 2. The van der Waals surface area contributed by atoms with Gasteiger partial charge in [0.15, 0.2) is 3.95 Å². The Labute approximate surface area is 164 Å². The fourth-order valence-electron chi connectivity index (χ4n) is 3.09. The molecule has 5 nitrogen and oxygen atoms in total. The predicted molar refractivity (Wildman–Crippen MR) is 109 cm³/mol. The average Bonchev–Trinajstić information content (AvgIpc) is 3.26. The van der Waals surface area contributed by atoms with Crippen LogP contribution in [-0.4, -0.2) is 24.3 Å². The van der Waals surface area contributed by atoms with Gasteiger partial charge in [-0.3, -0.25) is 4.99 Å². The standard InChI is InChI=1S/C20H16N2O3S2/c1-24-14-9-15(25-2)17-13(11-6-4-3-5-7-11)10-21-18(17)12(14)8-16-19(23)22-20(26)27-16/h3-10,23H,1-2H3,(H,22,26)/b12-8+. The molecule has 1 aromatic heterocycles. The third kappa shape index (κ3) is 3.05. The fraction of sp³-hybridized carbons (Fsp3) is 0.100. The van der Waals surface area contributed by atoms with Crippen molar-refractivity contribution < 1.29 is 14.6 Å². The van der Waals surface area contributed by atoms with Gasteiger partial charge in [0.1, 0.15) is 11.5 Å². The summed E-state index contributed by atoms with van der Waals surface area (Å²) >= 11 is 6.41. The zero-order chi connectivity index (χ0) is 19.0. The molecule has 2 N–H and O–H groups in total. The molecule has 1 aliphatic rings. The monoisotopic (exact) mass is 396 g/mol. The first-order chi connectivity index (χ1) is 13.1. The molecule has 0 radical (unpaired) electrons. The number of thiazole rings is 1. The summed E-state index contributed by atoms with van der Waals surface area (Å²) in [7, 11) is 3.22. The first kappa shape index (κ1) is 17.5. The van der Waals surface area contributed by atoms with Crippen LogP contribution in [0.3, 0.4) is 0 Å². The summed E-state index contributed by atoms with van der Waals surface area (Å²) in [5.41, 5.74) is 2.93. The minimum atomic E-state index is 0.0332. The summed E-state index contributed by atoms with van der Waals surface area (Å²) < 4.78 is 11.7. The second kappa shape index (κ2) is 7.02. The number of rotatable bonds is 4. The lowest BCUT2D eigenvalue weighted by Crippen LogP contribution is -2.29. The van der Waals surface area contributed by atoms with Crippen molar-refractivity contribution >= 4 is 35.2 Å². The van der Waals surface area contributed by atoms with Gasteiger partial charge in [0.25, 0.3) is 0 Å².